The molecule has 0 saturated heterocycles. The second kappa shape index (κ2) is 6.99. The van der Waals surface area contributed by atoms with Gasteiger partial charge in [-0.3, -0.25) is 4.99 Å². The largest absolute Gasteiger partial charge is 0.465 e. The molecule has 0 aromatic carbocycles. The monoisotopic (exact) mass is 241 g/mol. The summed E-state index contributed by atoms with van der Waals surface area (Å²) in [6.45, 7) is 12.6. The maximum absolute atomic E-state index is 13.3. The molecular weight excluding hydrogens is 221 g/mol. The Morgan fingerprint density at radius 3 is 2.24 bits per heavy atom. The van der Waals surface area contributed by atoms with Crippen LogP contribution in [-0.4, -0.2) is 25.3 Å². The highest BCUT2D eigenvalue weighted by molar-refractivity contribution is 6.08. The Labute approximate surface area is 102 Å². The third kappa shape index (κ3) is 4.93. The van der Waals surface area contributed by atoms with Gasteiger partial charge in [-0.25, -0.2) is 9.18 Å². The van der Waals surface area contributed by atoms with Gasteiger partial charge in [-0.05, 0) is 11.8 Å². The van der Waals surface area contributed by atoms with Crippen LogP contribution in [-0.2, 0) is 9.53 Å². The van der Waals surface area contributed by atoms with Gasteiger partial charge in [0.2, 0.25) is 0 Å². The molecule has 0 aliphatic rings. The summed E-state index contributed by atoms with van der Waals surface area (Å²) in [6.07, 6.45) is 1.24. The summed E-state index contributed by atoms with van der Waals surface area (Å²) in [4.78, 5) is 15.1. The molecule has 96 valence electrons. The van der Waals surface area contributed by atoms with Crippen LogP contribution in [0.1, 0.15) is 20.8 Å². The van der Waals surface area contributed by atoms with Gasteiger partial charge in [-0.15, -0.1) is 0 Å². The first-order valence-electron chi connectivity index (χ1n) is 5.46. The fourth-order valence-electron chi connectivity index (χ4n) is 1.22. The van der Waals surface area contributed by atoms with Crippen LogP contribution in [0.3, 0.4) is 0 Å². The van der Waals surface area contributed by atoms with E-state index in [1.807, 2.05) is 20.8 Å². The second-order valence-electron chi connectivity index (χ2n) is 4.29. The summed E-state index contributed by atoms with van der Waals surface area (Å²) in [6, 6.07) is -0.656. The fourth-order valence-corrected chi connectivity index (χ4v) is 1.22. The zero-order valence-electron chi connectivity index (χ0n) is 10.9. The van der Waals surface area contributed by atoms with Crippen molar-refractivity contribution in [2.24, 2.45) is 16.8 Å². The molecular formula is C13H20FNO2. The minimum atomic E-state index is -0.656. The zero-order valence-corrected chi connectivity index (χ0v) is 10.9. The number of hydrogen-bond donors (Lipinski definition) is 0. The molecule has 0 aromatic rings. The van der Waals surface area contributed by atoms with Crippen LogP contribution in [0.4, 0.5) is 4.39 Å². The maximum Gasteiger partial charge on any atom is 0.338 e. The number of hydrogen-bond acceptors (Lipinski definition) is 3. The molecule has 0 bridgehead atoms. The molecule has 0 radical (unpaired) electrons. The first-order chi connectivity index (χ1) is 7.81. The normalized spacial score (nSPS) is 14.7. The van der Waals surface area contributed by atoms with Gasteiger partial charge >= 0.3 is 5.97 Å². The molecule has 0 heterocycles. The van der Waals surface area contributed by atoms with E-state index >= 15 is 0 Å². The lowest BCUT2D eigenvalue weighted by atomic mass is 9.90. The Balaban J connectivity index is 4.78. The lowest BCUT2D eigenvalue weighted by Gasteiger charge is -2.21. The number of methoxy groups -OCH3 is 1. The fraction of sp³-hybridized carbons (Fsp3) is 0.538. The molecule has 0 N–H and O–H groups in total. The molecule has 3 nitrogen and oxygen atoms in total. The highest BCUT2D eigenvalue weighted by Crippen LogP contribution is 2.23. The second-order valence-corrected chi connectivity index (χ2v) is 4.29. The predicted molar refractivity (Wildman–Crippen MR) is 67.7 cm³/mol. The number of esters is 1. The standard InChI is InChI=1S/C13H20FNO2/c1-8(2)10(4)12(11(5)14)15-7-9(3)13(16)17-6/h7-8,10,12H,3,5H2,1-2,4,6H3/t10-,12?/m0/s1. The molecule has 0 saturated carbocycles. The van der Waals surface area contributed by atoms with Crippen molar-refractivity contribution in [2.75, 3.05) is 7.11 Å². The molecule has 0 amide bonds. The Morgan fingerprint density at radius 1 is 1.35 bits per heavy atom. The molecule has 0 spiro atoms. The van der Waals surface area contributed by atoms with E-state index < -0.39 is 17.8 Å². The van der Waals surface area contributed by atoms with Crippen molar-refractivity contribution in [1.29, 1.82) is 0 Å². The van der Waals surface area contributed by atoms with Crippen molar-refractivity contribution in [2.45, 2.75) is 26.8 Å². The summed E-state index contributed by atoms with van der Waals surface area (Å²) < 4.78 is 17.7. The van der Waals surface area contributed by atoms with Crippen LogP contribution in [0.25, 0.3) is 0 Å². The molecule has 0 aromatic heterocycles. The molecule has 2 atom stereocenters. The predicted octanol–water partition coefficient (Wildman–Crippen LogP) is 2.93. The molecule has 1 unspecified atom stereocenters. The van der Waals surface area contributed by atoms with E-state index in [0.717, 1.165) is 0 Å². The van der Waals surface area contributed by atoms with Gasteiger partial charge in [0.05, 0.1) is 12.7 Å². The van der Waals surface area contributed by atoms with Crippen LogP contribution >= 0.6 is 0 Å². The Morgan fingerprint density at radius 2 is 1.88 bits per heavy atom. The van der Waals surface area contributed by atoms with E-state index in [9.17, 15) is 9.18 Å². The average molecular weight is 241 g/mol. The molecule has 0 rings (SSSR count). The first-order valence-corrected chi connectivity index (χ1v) is 5.46. The third-order valence-corrected chi connectivity index (χ3v) is 2.71. The van der Waals surface area contributed by atoms with Crippen molar-refractivity contribution >= 4 is 12.2 Å². The summed E-state index contributed by atoms with van der Waals surface area (Å²) in [5.41, 5.74) is 0.0923. The average Bonchev–Trinajstić information content (AvgIpc) is 2.26. The molecule has 0 fully saturated rings. The third-order valence-electron chi connectivity index (χ3n) is 2.71. The SMILES string of the molecule is C=C(C=NC(C(=C)F)[C@@H](C)C(C)C)C(=O)OC. The summed E-state index contributed by atoms with van der Waals surface area (Å²) in [5.74, 6) is -0.834. The molecule has 0 aliphatic heterocycles. The number of ether oxygens (including phenoxy) is 1. The van der Waals surface area contributed by atoms with Crippen LogP contribution in [0.2, 0.25) is 0 Å². The highest BCUT2D eigenvalue weighted by atomic mass is 19.1. The van der Waals surface area contributed by atoms with Crippen LogP contribution in [0, 0.1) is 11.8 Å². The number of nitrogens with zero attached hydrogens (tertiary/aromatic N) is 1. The Bertz CT molecular complexity index is 334. The molecule has 0 aliphatic carbocycles. The van der Waals surface area contributed by atoms with Crippen molar-refractivity contribution in [3.8, 4) is 0 Å². The van der Waals surface area contributed by atoms with Gasteiger partial charge in [0.1, 0.15) is 11.9 Å². The molecule has 17 heavy (non-hydrogen) atoms. The number of halogens is 1. The van der Waals surface area contributed by atoms with Crippen molar-refractivity contribution < 1.29 is 13.9 Å². The van der Waals surface area contributed by atoms with E-state index in [2.05, 4.69) is 22.9 Å². The lowest BCUT2D eigenvalue weighted by molar-refractivity contribution is -0.135. The van der Waals surface area contributed by atoms with Crippen molar-refractivity contribution in [1.82, 2.24) is 0 Å². The Kier molecular flexibility index (Phi) is 6.39. The minimum absolute atomic E-state index is 0.00537. The number of carbonyl (C=O) groups excluding carboxylic acids is 1. The van der Waals surface area contributed by atoms with Crippen molar-refractivity contribution in [3.05, 3.63) is 24.6 Å². The quantitative estimate of drug-likeness (QED) is 0.407. The van der Waals surface area contributed by atoms with E-state index in [1.165, 1.54) is 13.3 Å². The van der Waals surface area contributed by atoms with E-state index in [4.69, 9.17) is 0 Å². The summed E-state index contributed by atoms with van der Waals surface area (Å²) >= 11 is 0. The van der Waals surface area contributed by atoms with Crippen molar-refractivity contribution in [3.63, 3.8) is 0 Å². The lowest BCUT2D eigenvalue weighted by Crippen LogP contribution is -2.22. The van der Waals surface area contributed by atoms with E-state index in [-0.39, 0.29) is 17.4 Å². The summed E-state index contributed by atoms with van der Waals surface area (Å²) in [7, 11) is 1.25. The number of carbonyl (C=O) groups is 1. The van der Waals surface area contributed by atoms with Gasteiger partial charge in [-0.1, -0.05) is 33.9 Å². The number of rotatable bonds is 6. The van der Waals surface area contributed by atoms with E-state index in [1.54, 1.807) is 0 Å². The van der Waals surface area contributed by atoms with Crippen LogP contribution in [0.15, 0.2) is 29.6 Å². The summed E-state index contributed by atoms with van der Waals surface area (Å²) in [5, 5.41) is 0. The number of aliphatic imine (C=N–C) groups is 1. The van der Waals surface area contributed by atoms with Gasteiger partial charge in [0.25, 0.3) is 0 Å². The van der Waals surface area contributed by atoms with Gasteiger partial charge < -0.3 is 4.74 Å². The van der Waals surface area contributed by atoms with Gasteiger partial charge in [0, 0.05) is 6.21 Å². The van der Waals surface area contributed by atoms with Crippen LogP contribution in [0.5, 0.6) is 0 Å². The molecule has 4 heteroatoms. The maximum atomic E-state index is 13.3. The highest BCUT2D eigenvalue weighted by Gasteiger charge is 2.22. The zero-order chi connectivity index (χ0) is 13.6. The van der Waals surface area contributed by atoms with Gasteiger partial charge in [-0.2, -0.15) is 0 Å². The van der Waals surface area contributed by atoms with Gasteiger partial charge in [0.15, 0.2) is 0 Å². The minimum Gasteiger partial charge on any atom is -0.465 e. The van der Waals surface area contributed by atoms with E-state index in [0.29, 0.717) is 0 Å². The topological polar surface area (TPSA) is 38.7 Å². The Hall–Kier alpha value is -1.45. The smallest absolute Gasteiger partial charge is 0.338 e. The first kappa shape index (κ1) is 15.6. The van der Waals surface area contributed by atoms with Crippen LogP contribution < -0.4 is 0 Å².